The Morgan fingerprint density at radius 3 is 3.06 bits per heavy atom. The summed E-state index contributed by atoms with van der Waals surface area (Å²) in [5.74, 6) is 0.863. The molecule has 4 heteroatoms. The first-order chi connectivity index (χ1) is 7.93. The van der Waals surface area contributed by atoms with Gasteiger partial charge in [-0.3, -0.25) is 0 Å². The van der Waals surface area contributed by atoms with E-state index >= 15 is 0 Å². The highest BCUT2D eigenvalue weighted by Crippen LogP contribution is 2.28. The van der Waals surface area contributed by atoms with E-state index < -0.39 is 0 Å². The number of imidazole rings is 1. The van der Waals surface area contributed by atoms with Gasteiger partial charge in [0.25, 0.3) is 0 Å². The highest BCUT2D eigenvalue weighted by atomic mass is 16.6. The molecule has 4 nitrogen and oxygen atoms in total. The van der Waals surface area contributed by atoms with Crippen LogP contribution in [-0.2, 0) is 4.74 Å². The molecule has 1 atom stereocenters. The van der Waals surface area contributed by atoms with Crippen LogP contribution in [0, 0.1) is 0 Å². The largest absolute Gasteiger partial charge is 0.490 e. The van der Waals surface area contributed by atoms with Crippen molar-refractivity contribution in [3.8, 4) is 17.0 Å². The van der Waals surface area contributed by atoms with E-state index in [1.165, 1.54) is 0 Å². The molecule has 0 saturated carbocycles. The second-order valence-electron chi connectivity index (χ2n) is 3.73. The third-order valence-electron chi connectivity index (χ3n) is 2.50. The van der Waals surface area contributed by atoms with Crippen LogP contribution in [-0.4, -0.2) is 29.3 Å². The molecule has 1 unspecified atom stereocenters. The highest BCUT2D eigenvalue weighted by Gasteiger charge is 2.23. The third-order valence-corrected chi connectivity index (χ3v) is 2.50. The summed E-state index contributed by atoms with van der Waals surface area (Å²) in [7, 11) is 0. The molecular formula is C12H12N2O2. The van der Waals surface area contributed by atoms with Crippen molar-refractivity contribution in [2.75, 3.05) is 13.2 Å². The maximum atomic E-state index is 5.71. The number of H-pyrrole nitrogens is 1. The summed E-state index contributed by atoms with van der Waals surface area (Å²) in [5.41, 5.74) is 1.99. The SMILES string of the molecule is c1ccc(-c2cnc[nH]2)c(OCC2CO2)c1. The Hall–Kier alpha value is -1.81. The van der Waals surface area contributed by atoms with Crippen molar-refractivity contribution >= 4 is 0 Å². The molecule has 16 heavy (non-hydrogen) atoms. The van der Waals surface area contributed by atoms with Gasteiger partial charge in [-0.1, -0.05) is 12.1 Å². The molecule has 1 saturated heterocycles. The minimum absolute atomic E-state index is 0.273. The Kier molecular flexibility index (Phi) is 2.34. The van der Waals surface area contributed by atoms with Crippen LogP contribution in [0.25, 0.3) is 11.3 Å². The molecule has 3 rings (SSSR count). The Morgan fingerprint density at radius 2 is 2.31 bits per heavy atom. The number of hydrogen-bond donors (Lipinski definition) is 1. The fourth-order valence-electron chi connectivity index (χ4n) is 1.57. The molecule has 0 radical (unpaired) electrons. The van der Waals surface area contributed by atoms with Crippen molar-refractivity contribution in [3.63, 3.8) is 0 Å². The number of nitrogens with one attached hydrogen (secondary N) is 1. The second-order valence-corrected chi connectivity index (χ2v) is 3.73. The number of aromatic amines is 1. The van der Waals surface area contributed by atoms with Gasteiger partial charge in [0.05, 0.1) is 24.8 Å². The van der Waals surface area contributed by atoms with Gasteiger partial charge >= 0.3 is 0 Å². The minimum Gasteiger partial charge on any atom is -0.490 e. The number of aromatic nitrogens is 2. The Bertz CT molecular complexity index is 464. The quantitative estimate of drug-likeness (QED) is 0.793. The zero-order chi connectivity index (χ0) is 10.8. The number of benzene rings is 1. The number of ether oxygens (including phenoxy) is 2. The number of nitrogens with zero attached hydrogens (tertiary/aromatic N) is 1. The molecule has 0 amide bonds. The zero-order valence-corrected chi connectivity index (χ0v) is 8.72. The molecule has 1 aliphatic heterocycles. The zero-order valence-electron chi connectivity index (χ0n) is 8.72. The van der Waals surface area contributed by atoms with Crippen LogP contribution in [0.3, 0.4) is 0 Å². The summed E-state index contributed by atoms with van der Waals surface area (Å²) in [6, 6.07) is 7.91. The summed E-state index contributed by atoms with van der Waals surface area (Å²) in [4.78, 5) is 7.09. The maximum Gasteiger partial charge on any atom is 0.128 e. The van der Waals surface area contributed by atoms with Crippen molar-refractivity contribution < 1.29 is 9.47 Å². The summed E-state index contributed by atoms with van der Waals surface area (Å²) >= 11 is 0. The lowest BCUT2D eigenvalue weighted by Crippen LogP contribution is -2.04. The fraction of sp³-hybridized carbons (Fsp3) is 0.250. The van der Waals surface area contributed by atoms with Gasteiger partial charge in [0.2, 0.25) is 0 Å². The summed E-state index contributed by atoms with van der Waals surface area (Å²) in [6.45, 7) is 1.43. The van der Waals surface area contributed by atoms with Gasteiger partial charge < -0.3 is 14.5 Å². The van der Waals surface area contributed by atoms with Crippen LogP contribution in [0.2, 0.25) is 0 Å². The van der Waals surface area contributed by atoms with E-state index in [0.717, 1.165) is 23.6 Å². The number of hydrogen-bond acceptors (Lipinski definition) is 3. The van der Waals surface area contributed by atoms with Gasteiger partial charge in [-0.25, -0.2) is 4.98 Å². The van der Waals surface area contributed by atoms with Crippen molar-refractivity contribution in [2.45, 2.75) is 6.10 Å². The van der Waals surface area contributed by atoms with Crippen molar-refractivity contribution in [1.29, 1.82) is 0 Å². The molecule has 1 fully saturated rings. The van der Waals surface area contributed by atoms with Crippen LogP contribution in [0.4, 0.5) is 0 Å². The molecule has 0 bridgehead atoms. The minimum atomic E-state index is 0.273. The number of para-hydroxylation sites is 1. The average Bonchev–Trinajstić information content (AvgIpc) is 3.00. The number of epoxide rings is 1. The van der Waals surface area contributed by atoms with Crippen LogP contribution >= 0.6 is 0 Å². The van der Waals surface area contributed by atoms with E-state index in [4.69, 9.17) is 9.47 Å². The van der Waals surface area contributed by atoms with Crippen LogP contribution in [0.5, 0.6) is 5.75 Å². The van der Waals surface area contributed by atoms with Gasteiger partial charge in [-0.05, 0) is 12.1 Å². The average molecular weight is 216 g/mol. The van der Waals surface area contributed by atoms with E-state index in [9.17, 15) is 0 Å². The lowest BCUT2D eigenvalue weighted by molar-refractivity contribution is 0.264. The smallest absolute Gasteiger partial charge is 0.128 e. The molecule has 2 aromatic rings. The van der Waals surface area contributed by atoms with Gasteiger partial charge in [0, 0.05) is 5.56 Å². The first-order valence-electron chi connectivity index (χ1n) is 5.25. The Balaban J connectivity index is 1.85. The molecule has 1 N–H and O–H groups in total. The standard InChI is InChI=1S/C12H12N2O2/c1-2-4-12(16-7-9-6-15-9)10(3-1)11-5-13-8-14-11/h1-5,8-9H,6-7H2,(H,13,14). The highest BCUT2D eigenvalue weighted by molar-refractivity contribution is 5.66. The molecule has 0 aliphatic carbocycles. The van der Waals surface area contributed by atoms with Gasteiger partial charge in [0.15, 0.2) is 0 Å². The van der Waals surface area contributed by atoms with E-state index in [1.54, 1.807) is 12.5 Å². The molecule has 1 aliphatic rings. The normalized spacial score (nSPS) is 18.4. The first-order valence-corrected chi connectivity index (χ1v) is 5.25. The summed E-state index contributed by atoms with van der Waals surface area (Å²) < 4.78 is 10.8. The molecule has 1 aromatic carbocycles. The fourth-order valence-corrected chi connectivity index (χ4v) is 1.57. The first kappa shape index (κ1) is 9.42. The van der Waals surface area contributed by atoms with Gasteiger partial charge in [0.1, 0.15) is 18.5 Å². The van der Waals surface area contributed by atoms with Crippen molar-refractivity contribution in [2.24, 2.45) is 0 Å². The number of rotatable bonds is 4. The van der Waals surface area contributed by atoms with Gasteiger partial charge in [-0.15, -0.1) is 0 Å². The van der Waals surface area contributed by atoms with E-state index in [0.29, 0.717) is 6.61 Å². The Morgan fingerprint density at radius 1 is 1.44 bits per heavy atom. The summed E-state index contributed by atoms with van der Waals surface area (Å²) in [5, 5.41) is 0. The summed E-state index contributed by atoms with van der Waals surface area (Å²) in [6.07, 6.45) is 3.72. The topological polar surface area (TPSA) is 50.4 Å². The Labute approximate surface area is 93.2 Å². The van der Waals surface area contributed by atoms with Gasteiger partial charge in [-0.2, -0.15) is 0 Å². The van der Waals surface area contributed by atoms with Crippen LogP contribution < -0.4 is 4.74 Å². The molecule has 2 heterocycles. The lowest BCUT2D eigenvalue weighted by Gasteiger charge is -2.08. The van der Waals surface area contributed by atoms with Crippen molar-refractivity contribution in [1.82, 2.24) is 9.97 Å². The van der Waals surface area contributed by atoms with E-state index in [2.05, 4.69) is 9.97 Å². The van der Waals surface area contributed by atoms with Crippen molar-refractivity contribution in [3.05, 3.63) is 36.8 Å². The van der Waals surface area contributed by atoms with Crippen LogP contribution in [0.1, 0.15) is 0 Å². The lowest BCUT2D eigenvalue weighted by atomic mass is 10.1. The predicted octanol–water partition coefficient (Wildman–Crippen LogP) is 1.85. The molecule has 0 spiro atoms. The van der Waals surface area contributed by atoms with E-state index in [-0.39, 0.29) is 6.10 Å². The molecule has 1 aromatic heterocycles. The van der Waals surface area contributed by atoms with E-state index in [1.807, 2.05) is 24.3 Å². The third kappa shape index (κ3) is 1.92. The predicted molar refractivity (Wildman–Crippen MR) is 59.3 cm³/mol. The monoisotopic (exact) mass is 216 g/mol. The molecule has 82 valence electrons. The van der Waals surface area contributed by atoms with Crippen LogP contribution in [0.15, 0.2) is 36.8 Å². The maximum absolute atomic E-state index is 5.71. The second kappa shape index (κ2) is 3.98. The molecular weight excluding hydrogens is 204 g/mol.